The van der Waals surface area contributed by atoms with Gasteiger partial charge in [0.05, 0.1) is 12.8 Å². The lowest BCUT2D eigenvalue weighted by atomic mass is 10.2. The highest BCUT2D eigenvalue weighted by atomic mass is 35.5. The van der Waals surface area contributed by atoms with Gasteiger partial charge in [-0.2, -0.15) is 5.10 Å². The van der Waals surface area contributed by atoms with Gasteiger partial charge in [-0.05, 0) is 6.92 Å². The van der Waals surface area contributed by atoms with Crippen LogP contribution < -0.4 is 5.48 Å². The predicted octanol–water partition coefficient (Wildman–Crippen LogP) is 0.673. The van der Waals surface area contributed by atoms with Crippen LogP contribution in [0.3, 0.4) is 0 Å². The first kappa shape index (κ1) is 10.0. The van der Waals surface area contributed by atoms with Gasteiger partial charge in [0.25, 0.3) is 5.91 Å². The van der Waals surface area contributed by atoms with Crippen molar-refractivity contribution in [2.75, 3.05) is 7.11 Å². The molecule has 1 rings (SSSR count). The second kappa shape index (κ2) is 3.76. The van der Waals surface area contributed by atoms with E-state index in [4.69, 9.17) is 11.6 Å². The van der Waals surface area contributed by atoms with Gasteiger partial charge >= 0.3 is 0 Å². The monoisotopic (exact) mass is 203 g/mol. The van der Waals surface area contributed by atoms with Gasteiger partial charge in [0.2, 0.25) is 0 Å². The van der Waals surface area contributed by atoms with Crippen molar-refractivity contribution in [1.29, 1.82) is 0 Å². The number of nitrogens with one attached hydrogen (secondary N) is 1. The molecule has 13 heavy (non-hydrogen) atoms. The van der Waals surface area contributed by atoms with Crippen LogP contribution in [0.15, 0.2) is 0 Å². The van der Waals surface area contributed by atoms with E-state index in [1.807, 2.05) is 0 Å². The van der Waals surface area contributed by atoms with E-state index in [9.17, 15) is 4.79 Å². The van der Waals surface area contributed by atoms with Gasteiger partial charge in [0, 0.05) is 7.05 Å². The summed E-state index contributed by atoms with van der Waals surface area (Å²) >= 11 is 5.83. The molecule has 1 amide bonds. The Bertz CT molecular complexity index is 335. The Balaban J connectivity index is 3.06. The second-order valence-corrected chi connectivity index (χ2v) is 2.87. The summed E-state index contributed by atoms with van der Waals surface area (Å²) in [5.41, 5.74) is 3.09. The zero-order valence-electron chi connectivity index (χ0n) is 7.59. The molecule has 0 unspecified atom stereocenters. The zero-order chi connectivity index (χ0) is 10.0. The molecule has 1 heterocycles. The van der Waals surface area contributed by atoms with Crippen LogP contribution >= 0.6 is 11.6 Å². The van der Waals surface area contributed by atoms with Crippen molar-refractivity contribution in [1.82, 2.24) is 15.3 Å². The van der Waals surface area contributed by atoms with Gasteiger partial charge in [0.15, 0.2) is 0 Å². The van der Waals surface area contributed by atoms with Crippen LogP contribution in [0.5, 0.6) is 0 Å². The summed E-state index contributed by atoms with van der Waals surface area (Å²) in [5, 5.41) is 4.28. The number of aromatic nitrogens is 2. The Labute approximate surface area is 80.6 Å². The van der Waals surface area contributed by atoms with Gasteiger partial charge in [-0.3, -0.25) is 14.3 Å². The third-order valence-electron chi connectivity index (χ3n) is 1.57. The average molecular weight is 204 g/mol. The first-order chi connectivity index (χ1) is 6.07. The number of carbonyl (C=O) groups excluding carboxylic acids is 1. The number of nitrogens with zero attached hydrogens (tertiary/aromatic N) is 2. The van der Waals surface area contributed by atoms with Crippen molar-refractivity contribution in [3.05, 3.63) is 16.4 Å². The topological polar surface area (TPSA) is 56.1 Å². The highest BCUT2D eigenvalue weighted by Crippen LogP contribution is 2.17. The average Bonchev–Trinajstić information content (AvgIpc) is 2.27. The lowest BCUT2D eigenvalue weighted by molar-refractivity contribution is 0.0537. The lowest BCUT2D eigenvalue weighted by Crippen LogP contribution is -2.22. The Morgan fingerprint density at radius 1 is 1.69 bits per heavy atom. The smallest absolute Gasteiger partial charge is 0.277 e. The number of hydrogen-bond acceptors (Lipinski definition) is 3. The van der Waals surface area contributed by atoms with E-state index in [1.54, 1.807) is 14.0 Å². The fraction of sp³-hybridized carbons (Fsp3) is 0.429. The van der Waals surface area contributed by atoms with Crippen molar-refractivity contribution in [2.45, 2.75) is 6.92 Å². The molecule has 0 aromatic carbocycles. The number of amides is 1. The number of hydroxylamine groups is 1. The molecule has 72 valence electrons. The molecule has 5 nitrogen and oxygen atoms in total. The van der Waals surface area contributed by atoms with Crippen LogP contribution in [-0.4, -0.2) is 22.8 Å². The van der Waals surface area contributed by atoms with E-state index in [2.05, 4.69) is 15.4 Å². The van der Waals surface area contributed by atoms with Crippen LogP contribution in [-0.2, 0) is 11.9 Å². The summed E-state index contributed by atoms with van der Waals surface area (Å²) in [6.07, 6.45) is 0. The first-order valence-corrected chi connectivity index (χ1v) is 3.98. The van der Waals surface area contributed by atoms with E-state index in [0.29, 0.717) is 16.4 Å². The molecule has 0 atom stereocenters. The van der Waals surface area contributed by atoms with Crippen molar-refractivity contribution in [3.63, 3.8) is 0 Å². The SMILES string of the molecule is CONC(=O)c1c(C)nn(C)c1Cl. The summed E-state index contributed by atoms with van der Waals surface area (Å²) in [5.74, 6) is -0.391. The molecular weight excluding hydrogens is 194 g/mol. The fourth-order valence-electron chi connectivity index (χ4n) is 1.03. The molecule has 0 fully saturated rings. The van der Waals surface area contributed by atoms with E-state index in [0.717, 1.165) is 0 Å². The summed E-state index contributed by atoms with van der Waals surface area (Å²) in [6, 6.07) is 0. The van der Waals surface area contributed by atoms with E-state index >= 15 is 0 Å². The molecule has 0 radical (unpaired) electrons. The number of hydrogen-bond donors (Lipinski definition) is 1. The number of halogens is 1. The van der Waals surface area contributed by atoms with Crippen molar-refractivity contribution in [2.24, 2.45) is 7.05 Å². The molecule has 1 aromatic heterocycles. The Morgan fingerprint density at radius 2 is 2.31 bits per heavy atom. The maximum atomic E-state index is 11.3. The van der Waals surface area contributed by atoms with E-state index < -0.39 is 5.91 Å². The molecule has 1 aromatic rings. The summed E-state index contributed by atoms with van der Waals surface area (Å²) < 4.78 is 1.43. The number of carbonyl (C=O) groups is 1. The minimum absolute atomic E-state index is 0.298. The Hall–Kier alpha value is -1.07. The zero-order valence-corrected chi connectivity index (χ0v) is 8.34. The van der Waals surface area contributed by atoms with Gasteiger partial charge in [-0.15, -0.1) is 0 Å². The molecule has 0 saturated carbocycles. The maximum Gasteiger partial charge on any atom is 0.279 e. The lowest BCUT2D eigenvalue weighted by Gasteiger charge is -2.00. The first-order valence-electron chi connectivity index (χ1n) is 3.60. The van der Waals surface area contributed by atoms with E-state index in [1.165, 1.54) is 11.8 Å². The Morgan fingerprint density at radius 3 is 2.69 bits per heavy atom. The van der Waals surface area contributed by atoms with Gasteiger partial charge in [-0.25, -0.2) is 5.48 Å². The second-order valence-electron chi connectivity index (χ2n) is 2.51. The summed E-state index contributed by atoms with van der Waals surface area (Å²) in [6.45, 7) is 1.70. The largest absolute Gasteiger partial charge is 0.279 e. The summed E-state index contributed by atoms with van der Waals surface area (Å²) in [4.78, 5) is 15.8. The quantitative estimate of drug-likeness (QED) is 0.719. The third kappa shape index (κ3) is 1.81. The van der Waals surface area contributed by atoms with Crippen LogP contribution in [0.4, 0.5) is 0 Å². The predicted molar refractivity (Wildman–Crippen MR) is 47.4 cm³/mol. The molecule has 0 aliphatic carbocycles. The minimum atomic E-state index is -0.391. The van der Waals surface area contributed by atoms with Crippen LogP contribution in [0.25, 0.3) is 0 Å². The molecule has 6 heteroatoms. The normalized spacial score (nSPS) is 10.2. The number of aryl methyl sites for hydroxylation is 2. The molecule has 1 N–H and O–H groups in total. The van der Waals surface area contributed by atoms with Crippen LogP contribution in [0.2, 0.25) is 5.15 Å². The Kier molecular flexibility index (Phi) is 2.90. The van der Waals surface area contributed by atoms with Crippen molar-refractivity contribution in [3.8, 4) is 0 Å². The van der Waals surface area contributed by atoms with Gasteiger partial charge in [-0.1, -0.05) is 11.6 Å². The van der Waals surface area contributed by atoms with Gasteiger partial charge < -0.3 is 0 Å². The van der Waals surface area contributed by atoms with Crippen LogP contribution in [0, 0.1) is 6.92 Å². The fourth-order valence-corrected chi connectivity index (χ4v) is 1.29. The van der Waals surface area contributed by atoms with Crippen LogP contribution in [0.1, 0.15) is 16.1 Å². The maximum absolute atomic E-state index is 11.3. The standard InChI is InChI=1S/C7H10ClN3O2/c1-4-5(7(12)10-13-3)6(8)11(2)9-4/h1-3H3,(H,10,12). The third-order valence-corrected chi connectivity index (χ3v) is 2.01. The molecular formula is C7H10ClN3O2. The molecule has 0 aliphatic heterocycles. The molecule has 0 aliphatic rings. The highest BCUT2D eigenvalue weighted by Gasteiger charge is 2.18. The van der Waals surface area contributed by atoms with E-state index in [-0.39, 0.29) is 0 Å². The molecule has 0 saturated heterocycles. The van der Waals surface area contributed by atoms with Crippen molar-refractivity contribution >= 4 is 17.5 Å². The van der Waals surface area contributed by atoms with Crippen molar-refractivity contribution < 1.29 is 9.63 Å². The number of rotatable bonds is 2. The minimum Gasteiger partial charge on any atom is -0.277 e. The summed E-state index contributed by atoms with van der Waals surface area (Å²) in [7, 11) is 3.02. The molecule has 0 bridgehead atoms. The van der Waals surface area contributed by atoms with Gasteiger partial charge in [0.1, 0.15) is 10.7 Å². The highest BCUT2D eigenvalue weighted by molar-refractivity contribution is 6.33. The molecule has 0 spiro atoms.